The van der Waals surface area contributed by atoms with Crippen molar-refractivity contribution in [3.8, 4) is 0 Å². The number of rotatable bonds is 10. The molecule has 44 heavy (non-hydrogen) atoms. The number of amides is 1. The molecule has 6 rings (SSSR count). The Kier molecular flexibility index (Phi) is 10.0. The van der Waals surface area contributed by atoms with Crippen LogP contribution in [0.2, 0.25) is 0 Å². The van der Waals surface area contributed by atoms with Crippen molar-refractivity contribution in [2.75, 3.05) is 37.6 Å². The van der Waals surface area contributed by atoms with Gasteiger partial charge in [0, 0.05) is 55.6 Å². The summed E-state index contributed by atoms with van der Waals surface area (Å²) in [5, 5.41) is 0. The Morgan fingerprint density at radius 2 is 1.45 bits per heavy atom. The van der Waals surface area contributed by atoms with Crippen molar-refractivity contribution in [3.63, 3.8) is 0 Å². The molecule has 1 amide bonds. The lowest BCUT2D eigenvalue weighted by atomic mass is 9.88. The van der Waals surface area contributed by atoms with Gasteiger partial charge in [-0.25, -0.2) is 0 Å². The normalized spacial score (nSPS) is 16.3. The maximum Gasteiger partial charge on any atom is 0.254 e. The van der Waals surface area contributed by atoms with Gasteiger partial charge in [0.2, 0.25) is 0 Å². The molecule has 2 fully saturated rings. The van der Waals surface area contributed by atoms with Gasteiger partial charge in [0.15, 0.2) is 0 Å². The van der Waals surface area contributed by atoms with E-state index in [0.717, 1.165) is 68.8 Å². The van der Waals surface area contributed by atoms with Crippen molar-refractivity contribution >= 4 is 11.6 Å². The molecular weight excluding hydrogens is 540 g/mol. The standard InChI is InChI=1S/C39H46N4O/c1-31-36(39(44)43(35-19-9-4-10-20-35)30-34-18-11-12-24-40-34)21-13-22-38(31)42-28-26-41(27-29-42)25-23-37(32-14-5-2-6-15-32)33-16-7-3-8-17-33/h2-3,5-8,11-18,21-22,24,35,37H,4,9-10,19-20,23,25-30H2,1H3. The van der Waals surface area contributed by atoms with Crippen LogP contribution in [0.4, 0.5) is 5.69 Å². The fourth-order valence-corrected chi connectivity index (χ4v) is 7.20. The summed E-state index contributed by atoms with van der Waals surface area (Å²) in [5.74, 6) is 0.548. The largest absolute Gasteiger partial charge is 0.369 e. The highest BCUT2D eigenvalue weighted by Gasteiger charge is 2.29. The van der Waals surface area contributed by atoms with Gasteiger partial charge in [0.1, 0.15) is 0 Å². The summed E-state index contributed by atoms with van der Waals surface area (Å²) in [6, 6.07) is 34.4. The van der Waals surface area contributed by atoms with Crippen LogP contribution >= 0.6 is 0 Å². The van der Waals surface area contributed by atoms with E-state index >= 15 is 0 Å². The van der Waals surface area contributed by atoms with E-state index in [0.29, 0.717) is 12.5 Å². The van der Waals surface area contributed by atoms with Crippen LogP contribution in [0.3, 0.4) is 0 Å². The molecule has 0 spiro atoms. The quantitative estimate of drug-likeness (QED) is 0.191. The number of benzene rings is 3. The zero-order valence-corrected chi connectivity index (χ0v) is 26.2. The number of anilines is 1. The van der Waals surface area contributed by atoms with Crippen LogP contribution in [0.15, 0.2) is 103 Å². The molecule has 1 saturated heterocycles. The van der Waals surface area contributed by atoms with Crippen molar-refractivity contribution in [3.05, 3.63) is 131 Å². The Morgan fingerprint density at radius 1 is 0.795 bits per heavy atom. The minimum atomic E-state index is 0.147. The molecule has 0 N–H and O–H groups in total. The van der Waals surface area contributed by atoms with E-state index in [-0.39, 0.29) is 11.9 Å². The second-order valence-corrected chi connectivity index (χ2v) is 12.5. The molecule has 2 heterocycles. The van der Waals surface area contributed by atoms with Crippen LogP contribution in [0.5, 0.6) is 0 Å². The van der Waals surface area contributed by atoms with Gasteiger partial charge in [-0.3, -0.25) is 14.7 Å². The van der Waals surface area contributed by atoms with E-state index in [9.17, 15) is 4.79 Å². The molecule has 0 bridgehead atoms. The average Bonchev–Trinajstić information content (AvgIpc) is 3.09. The Labute approximate surface area is 263 Å². The second-order valence-electron chi connectivity index (χ2n) is 12.5. The van der Waals surface area contributed by atoms with Crippen LogP contribution in [0.25, 0.3) is 0 Å². The predicted octanol–water partition coefficient (Wildman–Crippen LogP) is 7.71. The van der Waals surface area contributed by atoms with E-state index in [1.54, 1.807) is 0 Å². The lowest BCUT2D eigenvalue weighted by Crippen LogP contribution is -2.47. The van der Waals surface area contributed by atoms with Crippen LogP contribution < -0.4 is 4.90 Å². The number of nitrogens with zero attached hydrogens (tertiary/aromatic N) is 4. The van der Waals surface area contributed by atoms with Crippen molar-refractivity contribution in [1.29, 1.82) is 0 Å². The maximum absolute atomic E-state index is 14.2. The molecule has 1 aliphatic carbocycles. The van der Waals surface area contributed by atoms with Crippen LogP contribution in [-0.4, -0.2) is 59.5 Å². The Hall–Kier alpha value is -3.96. The monoisotopic (exact) mass is 586 g/mol. The van der Waals surface area contributed by atoms with Crippen molar-refractivity contribution in [1.82, 2.24) is 14.8 Å². The molecule has 1 aliphatic heterocycles. The van der Waals surface area contributed by atoms with E-state index in [1.807, 2.05) is 30.5 Å². The summed E-state index contributed by atoms with van der Waals surface area (Å²) in [7, 11) is 0. The molecule has 3 aromatic carbocycles. The van der Waals surface area contributed by atoms with E-state index in [1.165, 1.54) is 36.1 Å². The molecule has 2 aliphatic rings. The van der Waals surface area contributed by atoms with E-state index < -0.39 is 0 Å². The van der Waals surface area contributed by atoms with Gasteiger partial charge < -0.3 is 9.80 Å². The molecule has 0 radical (unpaired) electrons. The molecule has 5 nitrogen and oxygen atoms in total. The summed E-state index contributed by atoms with van der Waals surface area (Å²) < 4.78 is 0. The first-order chi connectivity index (χ1) is 21.7. The Bertz CT molecular complexity index is 1420. The van der Waals surface area contributed by atoms with Gasteiger partial charge >= 0.3 is 0 Å². The Balaban J connectivity index is 1.12. The third-order valence-electron chi connectivity index (χ3n) is 9.72. The first kappa shape index (κ1) is 30.1. The third kappa shape index (κ3) is 7.22. The second kappa shape index (κ2) is 14.7. The predicted molar refractivity (Wildman–Crippen MR) is 180 cm³/mol. The topological polar surface area (TPSA) is 39.7 Å². The summed E-state index contributed by atoms with van der Waals surface area (Å²) in [6.45, 7) is 7.78. The first-order valence-corrected chi connectivity index (χ1v) is 16.5. The van der Waals surface area contributed by atoms with Crippen molar-refractivity contribution in [2.45, 2.75) is 64.0 Å². The molecule has 1 saturated carbocycles. The fourth-order valence-electron chi connectivity index (χ4n) is 7.20. The van der Waals surface area contributed by atoms with E-state index in [2.05, 4.69) is 99.4 Å². The van der Waals surface area contributed by atoms with Crippen molar-refractivity contribution in [2.24, 2.45) is 0 Å². The van der Waals surface area contributed by atoms with Gasteiger partial charge in [0.25, 0.3) is 5.91 Å². The molecule has 5 heteroatoms. The SMILES string of the molecule is Cc1c(C(=O)N(Cc2ccccn2)C2CCCCC2)cccc1N1CCN(CCC(c2ccccc2)c2ccccc2)CC1. The lowest BCUT2D eigenvalue weighted by Gasteiger charge is -2.38. The van der Waals surface area contributed by atoms with Gasteiger partial charge in [0.05, 0.1) is 12.2 Å². The summed E-state index contributed by atoms with van der Waals surface area (Å²) >= 11 is 0. The fraction of sp³-hybridized carbons (Fsp3) is 0.385. The zero-order chi connectivity index (χ0) is 30.1. The molecule has 4 aromatic rings. The van der Waals surface area contributed by atoms with Gasteiger partial charge in [-0.2, -0.15) is 0 Å². The third-order valence-corrected chi connectivity index (χ3v) is 9.72. The molecule has 0 atom stereocenters. The smallest absolute Gasteiger partial charge is 0.254 e. The van der Waals surface area contributed by atoms with Gasteiger partial charge in [-0.05, 0) is 73.7 Å². The zero-order valence-electron chi connectivity index (χ0n) is 26.2. The highest BCUT2D eigenvalue weighted by atomic mass is 16.2. The number of pyridine rings is 1. The highest BCUT2D eigenvalue weighted by molar-refractivity contribution is 5.97. The van der Waals surface area contributed by atoms with Crippen LogP contribution in [-0.2, 0) is 6.54 Å². The van der Waals surface area contributed by atoms with Gasteiger partial charge in [-0.1, -0.05) is 92.1 Å². The number of carbonyl (C=O) groups excluding carboxylic acids is 1. The molecular formula is C39H46N4O. The number of carbonyl (C=O) groups is 1. The molecule has 1 aromatic heterocycles. The van der Waals surface area contributed by atoms with Crippen LogP contribution in [0, 0.1) is 6.92 Å². The maximum atomic E-state index is 14.2. The summed E-state index contributed by atoms with van der Waals surface area (Å²) in [6.07, 6.45) is 8.73. The lowest BCUT2D eigenvalue weighted by molar-refractivity contribution is 0.0610. The number of hydrogen-bond acceptors (Lipinski definition) is 4. The van der Waals surface area contributed by atoms with Gasteiger partial charge in [-0.15, -0.1) is 0 Å². The average molecular weight is 587 g/mol. The summed E-state index contributed by atoms with van der Waals surface area (Å²) in [5.41, 5.74) is 6.86. The highest BCUT2D eigenvalue weighted by Crippen LogP contribution is 2.31. The molecule has 228 valence electrons. The van der Waals surface area contributed by atoms with Crippen LogP contribution in [0.1, 0.15) is 77.2 Å². The number of hydrogen-bond donors (Lipinski definition) is 0. The summed E-state index contributed by atoms with van der Waals surface area (Å²) in [4.78, 5) is 26.0. The Morgan fingerprint density at radius 3 is 2.09 bits per heavy atom. The number of aromatic nitrogens is 1. The first-order valence-electron chi connectivity index (χ1n) is 16.5. The minimum Gasteiger partial charge on any atom is -0.369 e. The molecule has 0 unspecified atom stereocenters. The van der Waals surface area contributed by atoms with E-state index in [4.69, 9.17) is 0 Å². The van der Waals surface area contributed by atoms with Crippen molar-refractivity contribution < 1.29 is 4.79 Å². The minimum absolute atomic E-state index is 0.147. The number of piperazine rings is 1.